The molecule has 1 atom stereocenters. The number of fused-ring (bicyclic) bond motifs is 2. The van der Waals surface area contributed by atoms with Crippen LogP contribution in [0.25, 0.3) is 0 Å². The topological polar surface area (TPSA) is 101 Å². The van der Waals surface area contributed by atoms with E-state index in [1.807, 2.05) is 19.1 Å². The molecule has 1 unspecified atom stereocenters. The molecular formula is C28H26O6. The van der Waals surface area contributed by atoms with Crippen LogP contribution in [0.2, 0.25) is 0 Å². The molecule has 174 valence electrons. The second kappa shape index (κ2) is 9.14. The van der Waals surface area contributed by atoms with E-state index in [0.29, 0.717) is 5.92 Å². The van der Waals surface area contributed by atoms with Crippen molar-refractivity contribution in [2.45, 2.75) is 33.1 Å². The van der Waals surface area contributed by atoms with Gasteiger partial charge < -0.3 is 14.9 Å². The molecule has 3 aromatic carbocycles. The number of phenolic OH excluding ortho intramolecular Hbond substituents is 2. The van der Waals surface area contributed by atoms with Crippen LogP contribution in [0.3, 0.4) is 0 Å². The summed E-state index contributed by atoms with van der Waals surface area (Å²) in [6.07, 6.45) is 0.997. The summed E-state index contributed by atoms with van der Waals surface area (Å²) in [7, 11) is 0. The highest BCUT2D eigenvalue weighted by Gasteiger charge is 2.35. The van der Waals surface area contributed by atoms with Gasteiger partial charge in [0.15, 0.2) is 5.78 Å². The van der Waals surface area contributed by atoms with Gasteiger partial charge in [-0.25, -0.2) is 4.79 Å². The van der Waals surface area contributed by atoms with Gasteiger partial charge in [0.25, 0.3) is 0 Å². The lowest BCUT2D eigenvalue weighted by Crippen LogP contribution is -2.22. The number of rotatable bonds is 6. The Kier molecular flexibility index (Phi) is 6.24. The molecule has 0 saturated heterocycles. The van der Waals surface area contributed by atoms with Gasteiger partial charge in [-0.2, -0.15) is 0 Å². The highest BCUT2D eigenvalue weighted by atomic mass is 16.5. The summed E-state index contributed by atoms with van der Waals surface area (Å²) < 4.78 is 5.45. The fraction of sp³-hybridized carbons (Fsp3) is 0.250. The van der Waals surface area contributed by atoms with Gasteiger partial charge in [0.1, 0.15) is 11.5 Å². The molecule has 1 aliphatic rings. The maximum absolute atomic E-state index is 13.0. The Bertz CT molecular complexity index is 1290. The van der Waals surface area contributed by atoms with Gasteiger partial charge >= 0.3 is 5.97 Å². The lowest BCUT2D eigenvalue weighted by Gasteiger charge is -2.20. The molecule has 6 heteroatoms. The number of carbonyl (C=O) groups is 3. The highest BCUT2D eigenvalue weighted by molar-refractivity contribution is 6.30. The summed E-state index contributed by atoms with van der Waals surface area (Å²) in [5.41, 5.74) is 1.80. The van der Waals surface area contributed by atoms with Crippen LogP contribution >= 0.6 is 0 Å². The van der Waals surface area contributed by atoms with Crippen molar-refractivity contribution in [1.29, 1.82) is 0 Å². The first kappa shape index (κ1) is 23.2. The first-order chi connectivity index (χ1) is 16.2. The second-order valence-corrected chi connectivity index (χ2v) is 9.11. The van der Waals surface area contributed by atoms with Crippen LogP contribution < -0.4 is 0 Å². The molecule has 0 spiro atoms. The number of benzene rings is 3. The maximum Gasteiger partial charge on any atom is 0.338 e. The molecule has 0 fully saturated rings. The summed E-state index contributed by atoms with van der Waals surface area (Å²) in [5.74, 6) is -2.26. The maximum atomic E-state index is 13.0. The number of aromatic hydroxyl groups is 2. The molecule has 0 bridgehead atoms. The predicted molar refractivity (Wildman–Crippen MR) is 127 cm³/mol. The van der Waals surface area contributed by atoms with Gasteiger partial charge in [0, 0.05) is 17.0 Å². The van der Waals surface area contributed by atoms with E-state index in [9.17, 15) is 24.6 Å². The van der Waals surface area contributed by atoms with E-state index in [1.54, 1.807) is 0 Å². The standard InChI is InChI=1S/C28H26O6/c1-15(2)11-17-7-9-18(10-8-17)16(3)14-34-28(33)19-12-21-25(23(30)13-19)27(32)24-20(26(21)31)5-4-6-22(24)29/h4-10,12-13,15-16,29-30H,11,14H2,1-3H3. The molecule has 0 aliphatic heterocycles. The van der Waals surface area contributed by atoms with Gasteiger partial charge in [-0.05, 0) is 41.7 Å². The fourth-order valence-corrected chi connectivity index (χ4v) is 4.23. The van der Waals surface area contributed by atoms with E-state index in [4.69, 9.17) is 4.74 Å². The van der Waals surface area contributed by atoms with Crippen molar-refractivity contribution in [3.05, 3.63) is 93.5 Å². The number of hydrogen-bond acceptors (Lipinski definition) is 6. The van der Waals surface area contributed by atoms with Crippen molar-refractivity contribution in [2.75, 3.05) is 6.61 Å². The molecule has 3 aromatic rings. The Balaban J connectivity index is 1.52. The lowest BCUT2D eigenvalue weighted by atomic mass is 9.82. The minimum absolute atomic E-state index is 0.0250. The summed E-state index contributed by atoms with van der Waals surface area (Å²) in [6, 6.07) is 14.8. The molecule has 2 N–H and O–H groups in total. The van der Waals surface area contributed by atoms with Crippen molar-refractivity contribution in [3.63, 3.8) is 0 Å². The zero-order valence-corrected chi connectivity index (χ0v) is 19.3. The van der Waals surface area contributed by atoms with E-state index in [1.165, 1.54) is 29.8 Å². The van der Waals surface area contributed by atoms with Crippen LogP contribution in [0, 0.1) is 5.92 Å². The predicted octanol–water partition coefficient (Wildman–Crippen LogP) is 5.03. The second-order valence-electron chi connectivity index (χ2n) is 9.11. The van der Waals surface area contributed by atoms with Crippen molar-refractivity contribution < 1.29 is 29.3 Å². The molecule has 0 heterocycles. The Hall–Kier alpha value is -3.93. The van der Waals surface area contributed by atoms with E-state index >= 15 is 0 Å². The van der Waals surface area contributed by atoms with Gasteiger partial charge in [-0.1, -0.05) is 57.2 Å². The largest absolute Gasteiger partial charge is 0.507 e. The van der Waals surface area contributed by atoms with E-state index in [-0.39, 0.29) is 46.1 Å². The average Bonchev–Trinajstić information content (AvgIpc) is 2.80. The number of phenols is 2. The number of carbonyl (C=O) groups excluding carboxylic acids is 3. The number of hydrogen-bond donors (Lipinski definition) is 2. The number of ketones is 2. The van der Waals surface area contributed by atoms with Gasteiger partial charge in [0.2, 0.25) is 5.78 Å². The van der Waals surface area contributed by atoms with Crippen LogP contribution in [0.15, 0.2) is 54.6 Å². The van der Waals surface area contributed by atoms with Crippen LogP contribution in [0.1, 0.15) is 80.0 Å². The normalized spacial score (nSPS) is 13.4. The number of ether oxygens (including phenoxy) is 1. The first-order valence-corrected chi connectivity index (χ1v) is 11.2. The number of esters is 1. The fourth-order valence-electron chi connectivity index (χ4n) is 4.23. The first-order valence-electron chi connectivity index (χ1n) is 11.2. The van der Waals surface area contributed by atoms with Crippen molar-refractivity contribution in [3.8, 4) is 11.5 Å². The van der Waals surface area contributed by atoms with Crippen molar-refractivity contribution in [2.24, 2.45) is 5.92 Å². The smallest absolute Gasteiger partial charge is 0.338 e. The van der Waals surface area contributed by atoms with Crippen LogP contribution in [-0.4, -0.2) is 34.4 Å². The SMILES string of the molecule is CC(C)Cc1ccc(C(C)COC(=O)c2cc(O)c3c(c2)C(=O)c2cccc(O)c2C3=O)cc1. The van der Waals surface area contributed by atoms with E-state index in [0.717, 1.165) is 18.1 Å². The zero-order chi connectivity index (χ0) is 24.6. The Morgan fingerprint density at radius 2 is 1.53 bits per heavy atom. The van der Waals surface area contributed by atoms with Crippen LogP contribution in [-0.2, 0) is 11.2 Å². The molecule has 0 radical (unpaired) electrons. The summed E-state index contributed by atoms with van der Waals surface area (Å²) in [4.78, 5) is 38.5. The monoisotopic (exact) mass is 458 g/mol. The quantitative estimate of drug-likeness (QED) is 0.393. The van der Waals surface area contributed by atoms with Gasteiger partial charge in [0.05, 0.1) is 23.3 Å². The molecule has 6 nitrogen and oxygen atoms in total. The van der Waals surface area contributed by atoms with Crippen LogP contribution in [0.4, 0.5) is 0 Å². The van der Waals surface area contributed by atoms with Crippen molar-refractivity contribution in [1.82, 2.24) is 0 Å². The molecule has 1 aliphatic carbocycles. The molecule has 0 amide bonds. The Morgan fingerprint density at radius 1 is 0.853 bits per heavy atom. The molecular weight excluding hydrogens is 432 g/mol. The van der Waals surface area contributed by atoms with Gasteiger partial charge in [-0.3, -0.25) is 9.59 Å². The average molecular weight is 459 g/mol. The minimum Gasteiger partial charge on any atom is -0.507 e. The summed E-state index contributed by atoms with van der Waals surface area (Å²) in [5, 5.41) is 20.5. The highest BCUT2D eigenvalue weighted by Crippen LogP contribution is 2.37. The third kappa shape index (κ3) is 4.31. The molecule has 34 heavy (non-hydrogen) atoms. The Morgan fingerprint density at radius 3 is 2.21 bits per heavy atom. The minimum atomic E-state index is -0.705. The summed E-state index contributed by atoms with van der Waals surface area (Å²) >= 11 is 0. The van der Waals surface area contributed by atoms with E-state index in [2.05, 4.69) is 26.0 Å². The van der Waals surface area contributed by atoms with Crippen molar-refractivity contribution >= 4 is 17.5 Å². The third-order valence-corrected chi connectivity index (χ3v) is 6.00. The third-order valence-electron chi connectivity index (χ3n) is 6.00. The molecule has 0 aromatic heterocycles. The molecule has 0 saturated carbocycles. The van der Waals surface area contributed by atoms with E-state index < -0.39 is 23.3 Å². The van der Waals surface area contributed by atoms with Gasteiger partial charge in [-0.15, -0.1) is 0 Å². The van der Waals surface area contributed by atoms with Crippen LogP contribution in [0.5, 0.6) is 11.5 Å². The zero-order valence-electron chi connectivity index (χ0n) is 19.3. The summed E-state index contributed by atoms with van der Waals surface area (Å²) in [6.45, 7) is 6.39. The lowest BCUT2D eigenvalue weighted by molar-refractivity contribution is 0.0484. The Labute approximate surface area is 197 Å². The molecule has 4 rings (SSSR count).